The first-order chi connectivity index (χ1) is 9.60. The number of hydrogen-bond donors (Lipinski definition) is 2. The minimum Gasteiger partial charge on any atom is -0.349 e. The molecule has 1 amide bonds. The van der Waals surface area contributed by atoms with E-state index in [9.17, 15) is 4.79 Å². The number of nitrogens with two attached hydrogens (primary N) is 1. The summed E-state index contributed by atoms with van der Waals surface area (Å²) in [6, 6.07) is 5.95. The van der Waals surface area contributed by atoms with Gasteiger partial charge in [0.1, 0.15) is 0 Å². The van der Waals surface area contributed by atoms with Gasteiger partial charge in [0.2, 0.25) is 0 Å². The predicted molar refractivity (Wildman–Crippen MR) is 81.4 cm³/mol. The summed E-state index contributed by atoms with van der Waals surface area (Å²) >= 11 is 0. The lowest BCUT2D eigenvalue weighted by molar-refractivity contribution is 0.0937. The summed E-state index contributed by atoms with van der Waals surface area (Å²) in [5.41, 5.74) is 8.02. The molecule has 1 aromatic rings. The molecule has 106 valence electrons. The topological polar surface area (TPSA) is 55.1 Å². The normalized spacial score (nSPS) is 21.1. The van der Waals surface area contributed by atoms with Gasteiger partial charge in [0.05, 0.1) is 6.54 Å². The van der Waals surface area contributed by atoms with E-state index < -0.39 is 0 Å². The van der Waals surface area contributed by atoms with Gasteiger partial charge < -0.3 is 11.1 Å². The van der Waals surface area contributed by atoms with Crippen molar-refractivity contribution in [2.45, 2.75) is 39.2 Å². The summed E-state index contributed by atoms with van der Waals surface area (Å²) < 4.78 is 0. The van der Waals surface area contributed by atoms with Crippen LogP contribution in [0.25, 0.3) is 0 Å². The van der Waals surface area contributed by atoms with Crippen LogP contribution in [0.1, 0.15) is 47.7 Å². The smallest absolute Gasteiger partial charge is 0.251 e. The third-order valence-electron chi connectivity index (χ3n) is 3.84. The van der Waals surface area contributed by atoms with Gasteiger partial charge in [-0.05, 0) is 55.9 Å². The fourth-order valence-corrected chi connectivity index (χ4v) is 2.70. The highest BCUT2D eigenvalue weighted by Gasteiger charge is 2.23. The quantitative estimate of drug-likeness (QED) is 0.810. The number of rotatable bonds is 2. The Labute approximate surface area is 120 Å². The lowest BCUT2D eigenvalue weighted by Crippen LogP contribution is -2.32. The van der Waals surface area contributed by atoms with Crippen LogP contribution in [0.5, 0.6) is 0 Å². The van der Waals surface area contributed by atoms with Crippen LogP contribution in [-0.4, -0.2) is 18.5 Å². The monoisotopic (exact) mass is 270 g/mol. The Kier molecular flexibility index (Phi) is 4.81. The van der Waals surface area contributed by atoms with Crippen molar-refractivity contribution >= 4 is 5.91 Å². The molecule has 1 aliphatic carbocycles. The van der Waals surface area contributed by atoms with Crippen molar-refractivity contribution in [1.29, 1.82) is 0 Å². The highest BCUT2D eigenvalue weighted by molar-refractivity contribution is 5.94. The molecule has 3 nitrogen and oxygen atoms in total. The molecule has 3 heteroatoms. The fraction of sp³-hybridized carbons (Fsp3) is 0.471. The Bertz CT molecular complexity index is 554. The average Bonchev–Trinajstić information content (AvgIpc) is 2.82. The molecule has 0 radical (unpaired) electrons. The van der Waals surface area contributed by atoms with Crippen LogP contribution in [0.3, 0.4) is 0 Å². The van der Waals surface area contributed by atoms with Gasteiger partial charge in [-0.2, -0.15) is 0 Å². The minimum absolute atomic E-state index is 0.0190. The van der Waals surface area contributed by atoms with Gasteiger partial charge in [-0.25, -0.2) is 0 Å². The minimum atomic E-state index is 0.0190. The Morgan fingerprint density at radius 3 is 2.85 bits per heavy atom. The van der Waals surface area contributed by atoms with Crippen molar-refractivity contribution < 1.29 is 4.79 Å². The number of nitrogens with one attached hydrogen (secondary N) is 1. The third kappa shape index (κ3) is 3.61. The maximum atomic E-state index is 12.2. The molecule has 0 aliphatic heterocycles. The van der Waals surface area contributed by atoms with Gasteiger partial charge in [-0.3, -0.25) is 4.79 Å². The van der Waals surface area contributed by atoms with E-state index >= 15 is 0 Å². The lowest BCUT2D eigenvalue weighted by atomic mass is 10.0. The number of benzene rings is 1. The zero-order chi connectivity index (χ0) is 14.5. The highest BCUT2D eigenvalue weighted by atomic mass is 16.1. The molecule has 2 rings (SSSR count). The van der Waals surface area contributed by atoms with Crippen LogP contribution >= 0.6 is 0 Å². The van der Waals surface area contributed by atoms with Crippen LogP contribution < -0.4 is 11.1 Å². The van der Waals surface area contributed by atoms with E-state index in [1.54, 1.807) is 0 Å². The zero-order valence-corrected chi connectivity index (χ0v) is 12.2. The Morgan fingerprint density at radius 2 is 2.25 bits per heavy atom. The molecule has 20 heavy (non-hydrogen) atoms. The van der Waals surface area contributed by atoms with Gasteiger partial charge in [-0.1, -0.05) is 18.8 Å². The number of amides is 1. The Balaban J connectivity index is 2.05. The van der Waals surface area contributed by atoms with E-state index in [0.717, 1.165) is 29.9 Å². The number of aryl methyl sites for hydroxylation is 1. The largest absolute Gasteiger partial charge is 0.349 e. The van der Waals surface area contributed by atoms with Crippen LogP contribution in [0.15, 0.2) is 18.2 Å². The molecule has 0 heterocycles. The van der Waals surface area contributed by atoms with Gasteiger partial charge in [0, 0.05) is 17.2 Å². The van der Waals surface area contributed by atoms with E-state index in [4.69, 9.17) is 5.73 Å². The number of carbonyl (C=O) groups excluding carboxylic acids is 1. The first kappa shape index (κ1) is 14.6. The maximum Gasteiger partial charge on any atom is 0.251 e. The molecule has 1 saturated carbocycles. The summed E-state index contributed by atoms with van der Waals surface area (Å²) in [5.74, 6) is 6.58. The fourth-order valence-electron chi connectivity index (χ4n) is 2.70. The Morgan fingerprint density at radius 1 is 1.45 bits per heavy atom. The Hall–Kier alpha value is -1.79. The maximum absolute atomic E-state index is 12.2. The van der Waals surface area contributed by atoms with E-state index in [1.165, 1.54) is 6.42 Å². The second kappa shape index (κ2) is 6.58. The van der Waals surface area contributed by atoms with Crippen LogP contribution in [0, 0.1) is 24.7 Å². The molecule has 2 unspecified atom stereocenters. The van der Waals surface area contributed by atoms with Crippen molar-refractivity contribution in [2.75, 3.05) is 6.54 Å². The van der Waals surface area contributed by atoms with Crippen molar-refractivity contribution in [3.63, 3.8) is 0 Å². The van der Waals surface area contributed by atoms with Crippen molar-refractivity contribution in [1.82, 2.24) is 5.32 Å². The molecular weight excluding hydrogens is 248 g/mol. The molecule has 0 spiro atoms. The van der Waals surface area contributed by atoms with Crippen LogP contribution in [0.2, 0.25) is 0 Å². The van der Waals surface area contributed by atoms with Gasteiger partial charge in [0.25, 0.3) is 5.91 Å². The SMILES string of the molecule is Cc1cc(C(=O)NC2CCC(C)C2)ccc1C#CCN. The van der Waals surface area contributed by atoms with Gasteiger partial charge >= 0.3 is 0 Å². The molecular formula is C17H22N2O. The molecule has 1 aliphatic rings. The summed E-state index contributed by atoms with van der Waals surface area (Å²) in [4.78, 5) is 12.2. The summed E-state index contributed by atoms with van der Waals surface area (Å²) in [5, 5.41) is 3.12. The molecule has 1 aromatic carbocycles. The molecule has 1 fully saturated rings. The highest BCUT2D eigenvalue weighted by Crippen LogP contribution is 2.24. The van der Waals surface area contributed by atoms with Crippen molar-refractivity contribution in [3.8, 4) is 11.8 Å². The summed E-state index contributed by atoms with van der Waals surface area (Å²) in [6.45, 7) is 4.55. The molecule has 0 bridgehead atoms. The van der Waals surface area contributed by atoms with E-state index in [1.807, 2.05) is 25.1 Å². The number of hydrogen-bond acceptors (Lipinski definition) is 2. The molecule has 2 atom stereocenters. The summed E-state index contributed by atoms with van der Waals surface area (Å²) in [7, 11) is 0. The van der Waals surface area contributed by atoms with Gasteiger partial charge in [-0.15, -0.1) is 0 Å². The second-order valence-electron chi connectivity index (χ2n) is 5.62. The second-order valence-corrected chi connectivity index (χ2v) is 5.62. The van der Waals surface area contributed by atoms with Crippen LogP contribution in [-0.2, 0) is 0 Å². The van der Waals surface area contributed by atoms with Gasteiger partial charge in [0.15, 0.2) is 0 Å². The molecule has 3 N–H and O–H groups in total. The van der Waals surface area contributed by atoms with Crippen molar-refractivity contribution in [2.24, 2.45) is 11.7 Å². The van der Waals surface area contributed by atoms with E-state index in [0.29, 0.717) is 18.2 Å². The third-order valence-corrected chi connectivity index (χ3v) is 3.84. The van der Waals surface area contributed by atoms with E-state index in [2.05, 4.69) is 24.1 Å². The standard InChI is InChI=1S/C17H22N2O/c1-12-5-8-16(10-12)19-17(20)15-7-6-14(4-3-9-18)13(2)11-15/h6-7,11-12,16H,5,8-10,18H2,1-2H3,(H,19,20). The first-order valence-electron chi connectivity index (χ1n) is 7.20. The van der Waals surface area contributed by atoms with Crippen molar-refractivity contribution in [3.05, 3.63) is 34.9 Å². The number of carbonyl (C=O) groups is 1. The lowest BCUT2D eigenvalue weighted by Gasteiger charge is -2.13. The summed E-state index contributed by atoms with van der Waals surface area (Å²) in [6.07, 6.45) is 3.38. The first-order valence-corrected chi connectivity index (χ1v) is 7.20. The zero-order valence-electron chi connectivity index (χ0n) is 12.2. The van der Waals surface area contributed by atoms with E-state index in [-0.39, 0.29) is 5.91 Å². The predicted octanol–water partition coefficient (Wildman–Crippen LogP) is 2.22. The van der Waals surface area contributed by atoms with Crippen LogP contribution in [0.4, 0.5) is 0 Å². The molecule has 0 aromatic heterocycles. The molecule has 0 saturated heterocycles. The average molecular weight is 270 g/mol.